The minimum atomic E-state index is -5.22. The van der Waals surface area contributed by atoms with Crippen molar-refractivity contribution in [2.24, 2.45) is 20.5 Å². The SMILES string of the molecule is Cc1nn(-c2cccc(NC(=O)Nc3cccc(-n4nc(C)c(N=Nc5c(O)cc(S(=O)(=O)[O-])c6cc([N+](=O)[O-])ccc56)c4O)c3)c2)c(O)c1N=Nc1c(O)cc(S(=O)(=O)[O-])c2cc([N+](=O)[O-])ccc12. The molecule has 0 aliphatic rings. The van der Waals surface area contributed by atoms with Crippen LogP contribution in [0.4, 0.5) is 50.3 Å². The molecule has 356 valence electrons. The molecule has 2 amide bonds. The highest BCUT2D eigenvalue weighted by molar-refractivity contribution is 7.86. The Morgan fingerprint density at radius 2 is 0.929 bits per heavy atom. The van der Waals surface area contributed by atoms with Crippen LogP contribution >= 0.6 is 0 Å². The Bertz CT molecular complexity index is 3610. The van der Waals surface area contributed by atoms with Gasteiger partial charge in [0.15, 0.2) is 11.4 Å². The Hall–Kier alpha value is -9.45. The lowest BCUT2D eigenvalue weighted by Gasteiger charge is -2.13. The summed E-state index contributed by atoms with van der Waals surface area (Å²) in [5.41, 5.74) is -1.22. The second-order valence-electron chi connectivity index (χ2n) is 14.8. The molecule has 0 aliphatic heterocycles. The van der Waals surface area contributed by atoms with Gasteiger partial charge in [0.05, 0.1) is 42.4 Å². The summed E-state index contributed by atoms with van der Waals surface area (Å²) in [5.74, 6) is -2.74. The zero-order valence-electron chi connectivity index (χ0n) is 35.3. The number of hydrogen-bond acceptors (Lipinski definition) is 21. The van der Waals surface area contributed by atoms with Gasteiger partial charge in [-0.25, -0.2) is 21.6 Å². The zero-order chi connectivity index (χ0) is 50.6. The number of phenols is 2. The summed E-state index contributed by atoms with van der Waals surface area (Å²) >= 11 is 0. The Balaban J connectivity index is 1.00. The third-order valence-corrected chi connectivity index (χ3v) is 12.0. The first-order chi connectivity index (χ1) is 33.0. The van der Waals surface area contributed by atoms with Crippen LogP contribution in [0.3, 0.4) is 0 Å². The Morgan fingerprint density at radius 3 is 1.29 bits per heavy atom. The van der Waals surface area contributed by atoms with Crippen molar-refractivity contribution in [2.75, 3.05) is 10.6 Å². The minimum Gasteiger partial charge on any atom is -0.744 e. The molecule has 2 heterocycles. The first-order valence-corrected chi connectivity index (χ1v) is 22.3. The van der Waals surface area contributed by atoms with E-state index in [1.54, 1.807) is 0 Å². The summed E-state index contributed by atoms with van der Waals surface area (Å²) in [6.45, 7) is 2.91. The molecule has 27 nitrogen and oxygen atoms in total. The normalized spacial score (nSPS) is 12.1. The van der Waals surface area contributed by atoms with Crippen LogP contribution in [0.15, 0.2) is 127 Å². The lowest BCUT2D eigenvalue weighted by Crippen LogP contribution is -2.19. The number of urea groups is 1. The predicted octanol–water partition coefficient (Wildman–Crippen LogP) is 7.90. The largest absolute Gasteiger partial charge is 0.744 e. The number of nitrogens with one attached hydrogen (secondary N) is 2. The van der Waals surface area contributed by atoms with Crippen molar-refractivity contribution in [1.29, 1.82) is 0 Å². The molecule has 8 aromatic rings. The van der Waals surface area contributed by atoms with E-state index in [4.69, 9.17) is 0 Å². The zero-order valence-corrected chi connectivity index (χ0v) is 36.9. The second kappa shape index (κ2) is 17.6. The maximum atomic E-state index is 13.2. The molecule has 0 atom stereocenters. The van der Waals surface area contributed by atoms with Gasteiger partial charge in [-0.05, 0) is 62.4 Å². The van der Waals surface area contributed by atoms with E-state index in [0.29, 0.717) is 12.1 Å². The number of carbonyl (C=O) groups is 1. The molecule has 0 radical (unpaired) electrons. The highest BCUT2D eigenvalue weighted by Gasteiger charge is 2.23. The summed E-state index contributed by atoms with van der Waals surface area (Å²) in [5, 5.41) is 95.1. The van der Waals surface area contributed by atoms with Gasteiger partial charge < -0.3 is 40.2 Å². The monoisotopic (exact) mass is 992 g/mol. The van der Waals surface area contributed by atoms with Crippen LogP contribution in [0.5, 0.6) is 23.3 Å². The summed E-state index contributed by atoms with van der Waals surface area (Å²) in [6, 6.07) is 18.3. The molecule has 70 heavy (non-hydrogen) atoms. The molecule has 0 saturated heterocycles. The second-order valence-corrected chi connectivity index (χ2v) is 17.5. The first kappa shape index (κ1) is 47.1. The molecular weight excluding hydrogens is 965 g/mol. The number of carbonyl (C=O) groups excluding carboxylic acids is 1. The van der Waals surface area contributed by atoms with Crippen LogP contribution < -0.4 is 10.6 Å². The molecule has 0 saturated carbocycles. The maximum Gasteiger partial charge on any atom is 0.323 e. The predicted molar refractivity (Wildman–Crippen MR) is 241 cm³/mol. The van der Waals surface area contributed by atoms with Gasteiger partial charge in [-0.2, -0.15) is 19.6 Å². The van der Waals surface area contributed by atoms with Crippen molar-refractivity contribution in [2.45, 2.75) is 23.6 Å². The van der Waals surface area contributed by atoms with Crippen molar-refractivity contribution in [3.05, 3.63) is 129 Å². The van der Waals surface area contributed by atoms with Crippen molar-refractivity contribution < 1.29 is 61.0 Å². The number of anilines is 2. The lowest BCUT2D eigenvalue weighted by atomic mass is 10.1. The van der Waals surface area contributed by atoms with Crippen molar-refractivity contribution in [3.63, 3.8) is 0 Å². The molecule has 0 aliphatic carbocycles. The molecule has 29 heteroatoms. The van der Waals surface area contributed by atoms with Crippen molar-refractivity contribution >= 4 is 93.3 Å². The molecular formula is C41H28N12O15S2-2. The standard InChI is InChI=1S/C41H30N12O15S2/c1-19-35(44-46-37-27-11-9-25(52(59)60)15-29(27)33(17-31(37)54)69(63,64)65)39(56)50(48-19)23-7-3-5-21(13-23)42-41(58)43-22-6-4-8-24(14-22)51-40(57)36(20(2)49-51)45-47-38-28-12-10-26(53(61)62)16-30(28)34(18-32(38)55)70(66,67)68/h3-18,54-57H,1-2H3,(H2,42,43,58)(H,63,64,65)(H,66,67,68)/p-2. The number of aryl methyl sites for hydroxylation is 2. The number of nitro benzene ring substituents is 2. The number of non-ortho nitro benzene ring substituents is 2. The quantitative estimate of drug-likeness (QED) is 0.0293. The Morgan fingerprint density at radius 1 is 0.557 bits per heavy atom. The van der Waals surface area contributed by atoms with Gasteiger partial charge in [-0.3, -0.25) is 20.2 Å². The molecule has 0 spiro atoms. The van der Waals surface area contributed by atoms with E-state index in [1.165, 1.54) is 62.4 Å². The average Bonchev–Trinajstić information content (AvgIpc) is 3.75. The van der Waals surface area contributed by atoms with E-state index in [0.717, 1.165) is 45.8 Å². The number of benzene rings is 6. The minimum absolute atomic E-state index is 0.109. The maximum absolute atomic E-state index is 13.2. The van der Waals surface area contributed by atoms with E-state index >= 15 is 0 Å². The summed E-state index contributed by atoms with van der Waals surface area (Å²) < 4.78 is 73.8. The summed E-state index contributed by atoms with van der Waals surface area (Å²) in [7, 11) is -10.4. The fourth-order valence-corrected chi connectivity index (χ4v) is 8.47. The van der Waals surface area contributed by atoms with Gasteiger partial charge in [0, 0.05) is 69.3 Å². The molecule has 6 aromatic carbocycles. The van der Waals surface area contributed by atoms with Gasteiger partial charge >= 0.3 is 6.03 Å². The highest BCUT2D eigenvalue weighted by Crippen LogP contribution is 2.44. The van der Waals surface area contributed by atoms with E-state index in [2.05, 4.69) is 41.3 Å². The van der Waals surface area contributed by atoms with Crippen LogP contribution in [-0.4, -0.2) is 81.8 Å². The van der Waals surface area contributed by atoms with Gasteiger partial charge in [0.1, 0.15) is 43.1 Å². The number of hydrogen-bond donors (Lipinski definition) is 6. The Labute approximate surface area is 390 Å². The number of aromatic nitrogens is 4. The number of fused-ring (bicyclic) bond motifs is 2. The number of amides is 2. The van der Waals surface area contributed by atoms with E-state index in [1.807, 2.05) is 0 Å². The number of rotatable bonds is 12. The number of nitrogens with zero attached hydrogens (tertiary/aromatic N) is 10. The van der Waals surface area contributed by atoms with Crippen molar-refractivity contribution in [1.82, 2.24) is 19.6 Å². The van der Waals surface area contributed by atoms with Crippen LogP contribution in [-0.2, 0) is 20.2 Å². The molecule has 0 unspecified atom stereocenters. The van der Waals surface area contributed by atoms with Crippen LogP contribution in [0.2, 0.25) is 0 Å². The molecule has 0 fully saturated rings. The fourth-order valence-electron chi connectivity index (χ4n) is 7.08. The molecule has 0 bridgehead atoms. The number of aromatic hydroxyl groups is 4. The highest BCUT2D eigenvalue weighted by atomic mass is 32.2. The lowest BCUT2D eigenvalue weighted by molar-refractivity contribution is -0.384. The first-order valence-electron chi connectivity index (χ1n) is 19.5. The summed E-state index contributed by atoms with van der Waals surface area (Å²) in [4.78, 5) is 32.5. The van der Waals surface area contributed by atoms with Gasteiger partial charge in [-0.15, -0.1) is 20.5 Å². The molecule has 6 N–H and O–H groups in total. The number of nitro groups is 2. The molecule has 8 rings (SSSR count). The topological polar surface area (TPSA) is 408 Å². The fraction of sp³-hybridized carbons (Fsp3) is 0.0488. The number of phenolic OH excluding ortho intramolecular Hbond substituents is 2. The third-order valence-electron chi connectivity index (χ3n) is 10.2. The van der Waals surface area contributed by atoms with Gasteiger partial charge in [0.25, 0.3) is 11.4 Å². The van der Waals surface area contributed by atoms with Gasteiger partial charge in [0.2, 0.25) is 11.8 Å². The van der Waals surface area contributed by atoms with Crippen LogP contribution in [0, 0.1) is 34.1 Å². The average molecular weight is 993 g/mol. The van der Waals surface area contributed by atoms with Gasteiger partial charge in [-0.1, -0.05) is 12.1 Å². The van der Waals surface area contributed by atoms with E-state index in [9.17, 15) is 71.4 Å². The van der Waals surface area contributed by atoms with E-state index in [-0.39, 0.29) is 67.7 Å². The Kier molecular flexibility index (Phi) is 11.9. The van der Waals surface area contributed by atoms with E-state index < -0.39 is 91.3 Å². The number of azo groups is 2. The third kappa shape index (κ3) is 9.03. The molecule has 2 aromatic heterocycles. The van der Waals surface area contributed by atoms with Crippen molar-refractivity contribution in [3.8, 4) is 34.6 Å². The smallest absolute Gasteiger partial charge is 0.323 e. The summed E-state index contributed by atoms with van der Waals surface area (Å²) in [6.07, 6.45) is 0. The van der Waals surface area contributed by atoms with Crippen LogP contribution in [0.1, 0.15) is 11.4 Å². The van der Waals surface area contributed by atoms with Crippen LogP contribution in [0.25, 0.3) is 32.9 Å².